The van der Waals surface area contributed by atoms with Crippen LogP contribution in [0.5, 0.6) is 0 Å². The standard InChI is InChI=1S/C23H28N4O/c1-16-11-12-22(17(2)13-16)24-23(28)15-26(5)14-21-18(3)25-27(19(21)4)20-9-7-6-8-10-20/h6-13H,14-15H2,1-5H3,(H,24,28). The minimum Gasteiger partial charge on any atom is -0.325 e. The van der Waals surface area contributed by atoms with Crippen molar-refractivity contribution < 1.29 is 4.79 Å². The number of nitrogens with zero attached hydrogens (tertiary/aromatic N) is 3. The normalized spacial score (nSPS) is 11.1. The number of carbonyl (C=O) groups excluding carboxylic acids is 1. The molecule has 28 heavy (non-hydrogen) atoms. The van der Waals surface area contributed by atoms with Gasteiger partial charge < -0.3 is 5.32 Å². The van der Waals surface area contributed by atoms with Gasteiger partial charge in [0.1, 0.15) is 0 Å². The Hall–Kier alpha value is -2.92. The highest BCUT2D eigenvalue weighted by molar-refractivity contribution is 5.93. The Morgan fingerprint density at radius 1 is 1.07 bits per heavy atom. The van der Waals surface area contributed by atoms with E-state index in [4.69, 9.17) is 0 Å². The van der Waals surface area contributed by atoms with Gasteiger partial charge in [0.25, 0.3) is 0 Å². The van der Waals surface area contributed by atoms with E-state index >= 15 is 0 Å². The van der Waals surface area contributed by atoms with Crippen molar-refractivity contribution in [3.63, 3.8) is 0 Å². The highest BCUT2D eigenvalue weighted by atomic mass is 16.2. The molecule has 0 atom stereocenters. The lowest BCUT2D eigenvalue weighted by atomic mass is 10.1. The van der Waals surface area contributed by atoms with Gasteiger partial charge in [-0.25, -0.2) is 4.68 Å². The highest BCUT2D eigenvalue weighted by Gasteiger charge is 2.16. The smallest absolute Gasteiger partial charge is 0.238 e. The second-order valence-electron chi connectivity index (χ2n) is 7.44. The van der Waals surface area contributed by atoms with Gasteiger partial charge in [-0.05, 0) is 58.5 Å². The molecule has 1 heterocycles. The molecular weight excluding hydrogens is 348 g/mol. The fourth-order valence-corrected chi connectivity index (χ4v) is 3.44. The molecule has 0 bridgehead atoms. The molecule has 5 heteroatoms. The zero-order chi connectivity index (χ0) is 20.3. The number of carbonyl (C=O) groups is 1. The van der Waals surface area contributed by atoms with Crippen LogP contribution in [-0.2, 0) is 11.3 Å². The molecule has 146 valence electrons. The molecule has 3 rings (SSSR count). The molecule has 1 aromatic heterocycles. The molecule has 0 aliphatic carbocycles. The van der Waals surface area contributed by atoms with Gasteiger partial charge in [-0.1, -0.05) is 35.9 Å². The first-order valence-electron chi connectivity index (χ1n) is 9.51. The van der Waals surface area contributed by atoms with Crippen LogP contribution < -0.4 is 5.32 Å². The summed E-state index contributed by atoms with van der Waals surface area (Å²) in [7, 11) is 1.96. The van der Waals surface area contributed by atoms with E-state index in [1.807, 2.05) is 79.9 Å². The Kier molecular flexibility index (Phi) is 5.95. The summed E-state index contributed by atoms with van der Waals surface area (Å²) < 4.78 is 1.97. The van der Waals surface area contributed by atoms with Gasteiger partial charge in [0.15, 0.2) is 0 Å². The number of likely N-dealkylation sites (N-methyl/N-ethyl adjacent to an activating group) is 1. The van der Waals surface area contributed by atoms with E-state index in [9.17, 15) is 4.79 Å². The van der Waals surface area contributed by atoms with Crippen molar-refractivity contribution in [2.24, 2.45) is 0 Å². The molecule has 1 N–H and O–H groups in total. The topological polar surface area (TPSA) is 50.2 Å². The van der Waals surface area contributed by atoms with E-state index in [0.29, 0.717) is 13.1 Å². The minimum atomic E-state index is -0.0137. The summed E-state index contributed by atoms with van der Waals surface area (Å²) in [5.74, 6) is -0.0137. The molecule has 0 unspecified atom stereocenters. The first-order valence-corrected chi connectivity index (χ1v) is 9.51. The number of hydrogen-bond acceptors (Lipinski definition) is 3. The van der Waals surface area contributed by atoms with E-state index in [0.717, 1.165) is 33.9 Å². The van der Waals surface area contributed by atoms with E-state index in [-0.39, 0.29) is 5.91 Å². The quantitative estimate of drug-likeness (QED) is 0.702. The maximum atomic E-state index is 12.5. The van der Waals surface area contributed by atoms with Crippen molar-refractivity contribution in [1.82, 2.24) is 14.7 Å². The van der Waals surface area contributed by atoms with Crippen LogP contribution in [0.2, 0.25) is 0 Å². The summed E-state index contributed by atoms with van der Waals surface area (Å²) in [6.45, 7) is 9.15. The second kappa shape index (κ2) is 8.40. The predicted molar refractivity (Wildman–Crippen MR) is 114 cm³/mol. The van der Waals surface area contributed by atoms with Gasteiger partial charge in [-0.3, -0.25) is 9.69 Å². The Bertz CT molecular complexity index is 976. The van der Waals surface area contributed by atoms with Crippen molar-refractivity contribution in [2.45, 2.75) is 34.2 Å². The fourth-order valence-electron chi connectivity index (χ4n) is 3.44. The zero-order valence-corrected chi connectivity index (χ0v) is 17.3. The zero-order valence-electron chi connectivity index (χ0n) is 17.3. The van der Waals surface area contributed by atoms with Crippen LogP contribution in [0.3, 0.4) is 0 Å². The van der Waals surface area contributed by atoms with Gasteiger partial charge in [-0.15, -0.1) is 0 Å². The number of aryl methyl sites for hydroxylation is 3. The summed E-state index contributed by atoms with van der Waals surface area (Å²) >= 11 is 0. The predicted octanol–water partition coefficient (Wildman–Crippen LogP) is 4.18. The van der Waals surface area contributed by atoms with Crippen LogP contribution in [0.25, 0.3) is 5.69 Å². The SMILES string of the molecule is Cc1ccc(NC(=O)CN(C)Cc2c(C)nn(-c3ccccc3)c2C)c(C)c1. The number of rotatable bonds is 6. The molecule has 0 radical (unpaired) electrons. The van der Waals surface area contributed by atoms with Gasteiger partial charge in [0.2, 0.25) is 5.91 Å². The van der Waals surface area contributed by atoms with Crippen LogP contribution in [0.1, 0.15) is 28.1 Å². The molecule has 0 fully saturated rings. The average molecular weight is 377 g/mol. The lowest BCUT2D eigenvalue weighted by molar-refractivity contribution is -0.117. The van der Waals surface area contributed by atoms with E-state index in [2.05, 4.69) is 23.4 Å². The van der Waals surface area contributed by atoms with Gasteiger partial charge in [0.05, 0.1) is 17.9 Å². The molecule has 0 saturated heterocycles. The lowest BCUT2D eigenvalue weighted by Crippen LogP contribution is -2.30. The Morgan fingerprint density at radius 3 is 2.46 bits per heavy atom. The third-order valence-electron chi connectivity index (χ3n) is 4.94. The Balaban J connectivity index is 1.67. The molecule has 1 amide bonds. The minimum absolute atomic E-state index is 0.0137. The third-order valence-corrected chi connectivity index (χ3v) is 4.94. The fraction of sp³-hybridized carbons (Fsp3) is 0.304. The van der Waals surface area contributed by atoms with Gasteiger partial charge in [-0.2, -0.15) is 5.10 Å². The third kappa shape index (κ3) is 4.49. The summed E-state index contributed by atoms with van der Waals surface area (Å²) in [6, 6.07) is 16.2. The number of benzene rings is 2. The summed E-state index contributed by atoms with van der Waals surface area (Å²) in [4.78, 5) is 14.5. The number of hydrogen-bond donors (Lipinski definition) is 1. The van der Waals surface area contributed by atoms with Crippen molar-refractivity contribution >= 4 is 11.6 Å². The maximum absolute atomic E-state index is 12.5. The number of anilines is 1. The van der Waals surface area contributed by atoms with Gasteiger partial charge in [0, 0.05) is 23.5 Å². The summed E-state index contributed by atoms with van der Waals surface area (Å²) in [5, 5.41) is 7.70. The second-order valence-corrected chi connectivity index (χ2v) is 7.44. The molecule has 0 aliphatic rings. The van der Waals surface area contributed by atoms with Crippen molar-refractivity contribution in [2.75, 3.05) is 18.9 Å². The van der Waals surface area contributed by atoms with Crippen LogP contribution >= 0.6 is 0 Å². The molecule has 0 spiro atoms. The molecule has 5 nitrogen and oxygen atoms in total. The van der Waals surface area contributed by atoms with Crippen molar-refractivity contribution in [1.29, 1.82) is 0 Å². The van der Waals surface area contributed by atoms with Crippen molar-refractivity contribution in [3.05, 3.63) is 76.6 Å². The molecule has 3 aromatic rings. The highest BCUT2D eigenvalue weighted by Crippen LogP contribution is 2.19. The van der Waals surface area contributed by atoms with Crippen LogP contribution in [0.15, 0.2) is 48.5 Å². The number of aromatic nitrogens is 2. The maximum Gasteiger partial charge on any atom is 0.238 e. The van der Waals surface area contributed by atoms with Crippen LogP contribution in [-0.4, -0.2) is 34.2 Å². The number of nitrogens with one attached hydrogen (secondary N) is 1. The summed E-state index contributed by atoms with van der Waals surface area (Å²) in [5.41, 5.74) is 7.43. The van der Waals surface area contributed by atoms with E-state index < -0.39 is 0 Å². The Morgan fingerprint density at radius 2 is 1.79 bits per heavy atom. The van der Waals surface area contributed by atoms with E-state index in [1.54, 1.807) is 0 Å². The molecule has 0 aliphatic heterocycles. The largest absolute Gasteiger partial charge is 0.325 e. The number of amides is 1. The summed E-state index contributed by atoms with van der Waals surface area (Å²) in [6.07, 6.45) is 0. The Labute approximate surface area is 167 Å². The van der Waals surface area contributed by atoms with Crippen LogP contribution in [0.4, 0.5) is 5.69 Å². The van der Waals surface area contributed by atoms with Crippen molar-refractivity contribution in [3.8, 4) is 5.69 Å². The number of para-hydroxylation sites is 1. The molecule has 2 aromatic carbocycles. The lowest BCUT2D eigenvalue weighted by Gasteiger charge is -2.17. The van der Waals surface area contributed by atoms with Crippen LogP contribution in [0, 0.1) is 27.7 Å². The molecule has 0 saturated carbocycles. The van der Waals surface area contributed by atoms with E-state index in [1.165, 1.54) is 5.56 Å². The molecular formula is C23H28N4O. The average Bonchev–Trinajstić information content (AvgIpc) is 2.93. The first-order chi connectivity index (χ1) is 13.3. The monoisotopic (exact) mass is 376 g/mol. The van der Waals surface area contributed by atoms with Gasteiger partial charge >= 0.3 is 0 Å². The first kappa shape index (κ1) is 19.8.